The average Bonchev–Trinajstić information content (AvgIpc) is 3.21. The Morgan fingerprint density at radius 3 is 2.80 bits per heavy atom. The minimum Gasteiger partial charge on any atom is -0.381 e. The molecule has 8 heteroatoms. The molecule has 2 aromatic rings. The number of anilines is 2. The van der Waals surface area contributed by atoms with Crippen molar-refractivity contribution in [2.75, 3.05) is 30.4 Å². The standard InChI is InChI=1S/C22H28ClN5O2/c23-18-13-26-21(28-22(29)15-4-5-16(24)10-15)11-17(18)19-2-1-3-20(27-19)25-12-14-6-8-30-9-7-14/h1-3,11,13-16H,4-10,12,24H2,(H,25,27)(H,26,28,29)/t15-,16-/m1/s1. The van der Waals surface area contributed by atoms with E-state index in [1.54, 1.807) is 12.3 Å². The van der Waals surface area contributed by atoms with Crippen LogP contribution in [0.2, 0.25) is 5.02 Å². The van der Waals surface area contributed by atoms with E-state index in [0.29, 0.717) is 23.2 Å². The van der Waals surface area contributed by atoms with Crippen LogP contribution in [0.15, 0.2) is 30.5 Å². The number of ether oxygens (including phenoxy) is 1. The molecule has 0 spiro atoms. The van der Waals surface area contributed by atoms with Crippen molar-refractivity contribution in [2.45, 2.75) is 38.1 Å². The first-order valence-electron chi connectivity index (χ1n) is 10.6. The third-order valence-electron chi connectivity index (χ3n) is 5.89. The van der Waals surface area contributed by atoms with Crippen molar-refractivity contribution in [1.82, 2.24) is 9.97 Å². The van der Waals surface area contributed by atoms with E-state index in [4.69, 9.17) is 27.1 Å². The zero-order valence-electron chi connectivity index (χ0n) is 16.9. The first-order chi connectivity index (χ1) is 14.6. The van der Waals surface area contributed by atoms with Crippen LogP contribution in [0.3, 0.4) is 0 Å². The molecule has 7 nitrogen and oxygen atoms in total. The summed E-state index contributed by atoms with van der Waals surface area (Å²) in [5, 5.41) is 6.82. The molecule has 2 aliphatic rings. The lowest BCUT2D eigenvalue weighted by Gasteiger charge is -2.22. The fraction of sp³-hybridized carbons (Fsp3) is 0.500. The van der Waals surface area contributed by atoms with Crippen LogP contribution in [0.1, 0.15) is 32.1 Å². The van der Waals surface area contributed by atoms with Crippen LogP contribution < -0.4 is 16.4 Å². The Bertz CT molecular complexity index is 888. The van der Waals surface area contributed by atoms with E-state index in [0.717, 1.165) is 62.5 Å². The molecule has 0 unspecified atom stereocenters. The fourth-order valence-electron chi connectivity index (χ4n) is 4.07. The van der Waals surface area contributed by atoms with E-state index in [9.17, 15) is 4.79 Å². The Labute approximate surface area is 181 Å². The number of hydrogen-bond donors (Lipinski definition) is 3. The number of carbonyl (C=O) groups excluding carboxylic acids is 1. The highest BCUT2D eigenvalue weighted by Crippen LogP contribution is 2.30. The third-order valence-corrected chi connectivity index (χ3v) is 6.19. The van der Waals surface area contributed by atoms with Gasteiger partial charge in [0.25, 0.3) is 0 Å². The maximum atomic E-state index is 12.5. The van der Waals surface area contributed by atoms with Gasteiger partial charge in [-0.2, -0.15) is 0 Å². The van der Waals surface area contributed by atoms with Gasteiger partial charge in [-0.1, -0.05) is 17.7 Å². The highest BCUT2D eigenvalue weighted by Gasteiger charge is 2.28. The molecular formula is C22H28ClN5O2. The van der Waals surface area contributed by atoms with Gasteiger partial charge in [0.2, 0.25) is 5.91 Å². The first kappa shape index (κ1) is 21.0. The van der Waals surface area contributed by atoms with E-state index in [-0.39, 0.29) is 17.9 Å². The van der Waals surface area contributed by atoms with Gasteiger partial charge in [-0.15, -0.1) is 0 Å². The summed E-state index contributed by atoms with van der Waals surface area (Å²) in [5.74, 6) is 1.78. The molecule has 0 radical (unpaired) electrons. The van der Waals surface area contributed by atoms with E-state index >= 15 is 0 Å². The molecule has 2 aromatic heterocycles. The molecule has 1 aliphatic carbocycles. The zero-order chi connectivity index (χ0) is 20.9. The number of amides is 1. The summed E-state index contributed by atoms with van der Waals surface area (Å²) >= 11 is 6.40. The van der Waals surface area contributed by atoms with Crippen molar-refractivity contribution in [3.05, 3.63) is 35.5 Å². The summed E-state index contributed by atoms with van der Waals surface area (Å²) in [6.45, 7) is 2.52. The van der Waals surface area contributed by atoms with Gasteiger partial charge in [0.05, 0.1) is 10.7 Å². The molecule has 1 saturated heterocycles. The van der Waals surface area contributed by atoms with Crippen LogP contribution in [0.25, 0.3) is 11.3 Å². The maximum absolute atomic E-state index is 12.5. The minimum absolute atomic E-state index is 0.0384. The lowest BCUT2D eigenvalue weighted by atomic mass is 10.0. The largest absolute Gasteiger partial charge is 0.381 e. The average molecular weight is 430 g/mol. The summed E-state index contributed by atoms with van der Waals surface area (Å²) in [7, 11) is 0. The first-order valence-corrected chi connectivity index (χ1v) is 11.0. The second-order valence-electron chi connectivity index (χ2n) is 8.15. The molecule has 3 heterocycles. The molecule has 30 heavy (non-hydrogen) atoms. The summed E-state index contributed by atoms with van der Waals surface area (Å²) in [6, 6.07) is 7.69. The van der Waals surface area contributed by atoms with E-state index in [1.807, 2.05) is 18.2 Å². The van der Waals surface area contributed by atoms with Gasteiger partial charge in [-0.25, -0.2) is 9.97 Å². The SMILES string of the molecule is N[C@@H]1CC[C@@H](C(=O)Nc2cc(-c3cccc(NCC4CCOCC4)n3)c(Cl)cn2)C1. The smallest absolute Gasteiger partial charge is 0.228 e. The van der Waals surface area contributed by atoms with E-state index in [2.05, 4.69) is 15.6 Å². The molecule has 1 amide bonds. The third kappa shape index (κ3) is 5.28. The van der Waals surface area contributed by atoms with Crippen molar-refractivity contribution in [3.63, 3.8) is 0 Å². The highest BCUT2D eigenvalue weighted by atomic mass is 35.5. The lowest BCUT2D eigenvalue weighted by molar-refractivity contribution is -0.119. The predicted octanol–water partition coefficient (Wildman–Crippen LogP) is 3.70. The monoisotopic (exact) mass is 429 g/mol. The summed E-state index contributed by atoms with van der Waals surface area (Å²) in [5.41, 5.74) is 7.40. The molecule has 1 aliphatic heterocycles. The Balaban J connectivity index is 1.45. The Kier molecular flexibility index (Phi) is 6.82. The minimum atomic E-state index is -0.0585. The summed E-state index contributed by atoms with van der Waals surface area (Å²) in [6.07, 6.45) is 6.10. The number of carbonyl (C=O) groups is 1. The van der Waals surface area contributed by atoms with Crippen LogP contribution in [0.5, 0.6) is 0 Å². The van der Waals surface area contributed by atoms with Crippen LogP contribution >= 0.6 is 11.6 Å². The number of hydrogen-bond acceptors (Lipinski definition) is 6. The maximum Gasteiger partial charge on any atom is 0.228 e. The quantitative estimate of drug-likeness (QED) is 0.647. The van der Waals surface area contributed by atoms with Gasteiger partial charge in [-0.05, 0) is 56.2 Å². The number of rotatable bonds is 6. The number of halogens is 1. The van der Waals surface area contributed by atoms with Crippen molar-refractivity contribution in [2.24, 2.45) is 17.6 Å². The molecule has 1 saturated carbocycles. The number of nitrogens with zero attached hydrogens (tertiary/aromatic N) is 2. The van der Waals surface area contributed by atoms with Gasteiger partial charge < -0.3 is 21.1 Å². The van der Waals surface area contributed by atoms with Crippen molar-refractivity contribution in [1.29, 1.82) is 0 Å². The van der Waals surface area contributed by atoms with E-state index in [1.165, 1.54) is 0 Å². The van der Waals surface area contributed by atoms with Crippen molar-refractivity contribution in [3.8, 4) is 11.3 Å². The normalized spacial score (nSPS) is 22.1. The van der Waals surface area contributed by atoms with E-state index < -0.39 is 0 Å². The lowest BCUT2D eigenvalue weighted by Crippen LogP contribution is -2.23. The van der Waals surface area contributed by atoms with Gasteiger partial charge >= 0.3 is 0 Å². The number of nitrogens with two attached hydrogens (primary N) is 1. The Morgan fingerprint density at radius 1 is 1.20 bits per heavy atom. The van der Waals surface area contributed by atoms with Gasteiger partial charge in [0.15, 0.2) is 0 Å². The molecule has 160 valence electrons. The second-order valence-corrected chi connectivity index (χ2v) is 8.56. The van der Waals surface area contributed by atoms with Crippen molar-refractivity contribution >= 4 is 29.1 Å². The number of pyridine rings is 2. The van der Waals surface area contributed by atoms with Crippen LogP contribution in [0.4, 0.5) is 11.6 Å². The number of aromatic nitrogens is 2. The molecule has 2 atom stereocenters. The van der Waals surface area contributed by atoms with Crippen LogP contribution in [-0.4, -0.2) is 41.7 Å². The number of nitrogens with one attached hydrogen (secondary N) is 2. The zero-order valence-corrected chi connectivity index (χ0v) is 17.7. The second kappa shape index (κ2) is 9.73. The van der Waals surface area contributed by atoms with Crippen molar-refractivity contribution < 1.29 is 9.53 Å². The van der Waals surface area contributed by atoms with Crippen LogP contribution in [-0.2, 0) is 9.53 Å². The summed E-state index contributed by atoms with van der Waals surface area (Å²) < 4.78 is 5.42. The van der Waals surface area contributed by atoms with Gasteiger partial charge in [-0.3, -0.25) is 4.79 Å². The Morgan fingerprint density at radius 2 is 2.03 bits per heavy atom. The van der Waals surface area contributed by atoms with Gasteiger partial charge in [0, 0.05) is 43.5 Å². The summed E-state index contributed by atoms with van der Waals surface area (Å²) in [4.78, 5) is 21.5. The Hall–Kier alpha value is -2.22. The molecule has 0 aromatic carbocycles. The fourth-order valence-corrected chi connectivity index (χ4v) is 4.27. The predicted molar refractivity (Wildman–Crippen MR) is 118 cm³/mol. The molecule has 0 bridgehead atoms. The topological polar surface area (TPSA) is 102 Å². The van der Waals surface area contributed by atoms with Crippen LogP contribution in [0, 0.1) is 11.8 Å². The highest BCUT2D eigenvalue weighted by molar-refractivity contribution is 6.33. The van der Waals surface area contributed by atoms with Gasteiger partial charge in [0.1, 0.15) is 11.6 Å². The molecule has 2 fully saturated rings. The molecule has 4 rings (SSSR count). The molecule has 4 N–H and O–H groups in total. The molecular weight excluding hydrogens is 402 g/mol.